The van der Waals surface area contributed by atoms with Crippen molar-refractivity contribution in [1.29, 1.82) is 0 Å². The molecule has 3 aromatic heterocycles. The summed E-state index contributed by atoms with van der Waals surface area (Å²) in [5.41, 5.74) is 1.55. The summed E-state index contributed by atoms with van der Waals surface area (Å²) in [6.45, 7) is 1.88. The fourth-order valence-electron chi connectivity index (χ4n) is 4.62. The fourth-order valence-corrected chi connectivity index (χ4v) is 4.62. The minimum Gasteiger partial charge on any atom is -0.242 e. The standard InChI is InChI=1S/C27H12F6N6/c1-11-2-5-14-17(8-11)37-23-20(34-14)24-22(36-16-7-4-13(27(31,32)33)10-19(16)38-24)25-21(23)35-15-6-3-12(26(28,29)30)9-18(15)39-25/h2-10H,1H3. The third kappa shape index (κ3) is 3.66. The van der Waals surface area contributed by atoms with Crippen LogP contribution in [0.3, 0.4) is 0 Å². The van der Waals surface area contributed by atoms with Gasteiger partial charge in [0.2, 0.25) is 0 Å². The van der Waals surface area contributed by atoms with Crippen LogP contribution in [0.5, 0.6) is 0 Å². The smallest absolute Gasteiger partial charge is 0.242 e. The molecule has 7 rings (SSSR count). The third-order valence-corrected chi connectivity index (χ3v) is 6.48. The highest BCUT2D eigenvalue weighted by molar-refractivity contribution is 6.20. The average molecular weight is 534 g/mol. The molecule has 0 unspecified atom stereocenters. The maximum Gasteiger partial charge on any atom is 0.416 e. The van der Waals surface area contributed by atoms with Crippen LogP contribution in [0.4, 0.5) is 26.3 Å². The Labute approximate surface area is 213 Å². The van der Waals surface area contributed by atoms with E-state index in [4.69, 9.17) is 9.97 Å². The van der Waals surface area contributed by atoms with E-state index in [0.717, 1.165) is 29.8 Å². The molecular formula is C27H12F6N6. The van der Waals surface area contributed by atoms with Crippen LogP contribution in [-0.4, -0.2) is 29.9 Å². The van der Waals surface area contributed by atoms with Gasteiger partial charge in [-0.2, -0.15) is 26.3 Å². The van der Waals surface area contributed by atoms with Crippen molar-refractivity contribution in [2.24, 2.45) is 0 Å². The third-order valence-electron chi connectivity index (χ3n) is 6.48. The second-order valence-corrected chi connectivity index (χ2v) is 9.16. The van der Waals surface area contributed by atoms with Gasteiger partial charge in [0.05, 0.1) is 44.2 Å². The molecular weight excluding hydrogens is 522 g/mol. The maximum atomic E-state index is 13.4. The normalized spacial score (nSPS) is 13.0. The zero-order valence-electron chi connectivity index (χ0n) is 19.6. The number of alkyl halides is 6. The summed E-state index contributed by atoms with van der Waals surface area (Å²) in [5, 5.41) is 0. The van der Waals surface area contributed by atoms with Gasteiger partial charge in [0.1, 0.15) is 33.1 Å². The molecule has 6 nitrogen and oxygen atoms in total. The van der Waals surface area contributed by atoms with Crippen molar-refractivity contribution in [1.82, 2.24) is 29.9 Å². The second-order valence-electron chi connectivity index (χ2n) is 9.16. The first kappa shape index (κ1) is 23.4. The highest BCUT2D eigenvalue weighted by Crippen LogP contribution is 2.36. The van der Waals surface area contributed by atoms with E-state index in [1.165, 1.54) is 12.1 Å². The van der Waals surface area contributed by atoms with E-state index in [9.17, 15) is 26.3 Å². The van der Waals surface area contributed by atoms with Crippen LogP contribution in [-0.2, 0) is 12.4 Å². The topological polar surface area (TPSA) is 77.3 Å². The minimum absolute atomic E-state index is 0.0307. The van der Waals surface area contributed by atoms with Crippen molar-refractivity contribution in [3.8, 4) is 0 Å². The number of aromatic nitrogens is 6. The summed E-state index contributed by atoms with van der Waals surface area (Å²) < 4.78 is 80.4. The molecule has 0 saturated heterocycles. The molecule has 0 bridgehead atoms. The summed E-state index contributed by atoms with van der Waals surface area (Å²) in [5.74, 6) is 0. The van der Waals surface area contributed by atoms with Crippen LogP contribution >= 0.6 is 0 Å². The van der Waals surface area contributed by atoms with Gasteiger partial charge in [0, 0.05) is 0 Å². The Morgan fingerprint density at radius 1 is 0.410 bits per heavy atom. The van der Waals surface area contributed by atoms with E-state index in [0.29, 0.717) is 11.0 Å². The number of benzene rings is 4. The molecule has 7 aromatic rings. The number of halogens is 6. The number of nitrogens with zero attached hydrogens (tertiary/aromatic N) is 6. The number of fused-ring (bicyclic) bond motifs is 9. The van der Waals surface area contributed by atoms with Gasteiger partial charge in [-0.1, -0.05) is 6.07 Å². The predicted molar refractivity (Wildman–Crippen MR) is 133 cm³/mol. The first-order valence-corrected chi connectivity index (χ1v) is 11.5. The molecule has 0 fully saturated rings. The first-order valence-electron chi connectivity index (χ1n) is 11.5. The molecule has 0 aliphatic carbocycles. The molecule has 192 valence electrons. The van der Waals surface area contributed by atoms with Crippen molar-refractivity contribution < 1.29 is 26.3 Å². The number of rotatable bonds is 0. The highest BCUT2D eigenvalue weighted by atomic mass is 19.4. The second kappa shape index (κ2) is 7.65. The molecule has 39 heavy (non-hydrogen) atoms. The molecule has 0 N–H and O–H groups in total. The number of aryl methyl sites for hydroxylation is 1. The monoisotopic (exact) mass is 534 g/mol. The lowest BCUT2D eigenvalue weighted by molar-refractivity contribution is -0.138. The van der Waals surface area contributed by atoms with Crippen molar-refractivity contribution >= 4 is 66.2 Å². The largest absolute Gasteiger partial charge is 0.416 e. The summed E-state index contributed by atoms with van der Waals surface area (Å²) in [6.07, 6.45) is -9.19. The summed E-state index contributed by atoms with van der Waals surface area (Å²) >= 11 is 0. The van der Waals surface area contributed by atoms with E-state index in [2.05, 4.69) is 19.9 Å². The molecule has 0 aliphatic rings. The predicted octanol–water partition coefficient (Wildman–Crippen LogP) is 7.32. The van der Waals surface area contributed by atoms with Crippen molar-refractivity contribution in [3.05, 3.63) is 71.3 Å². The molecule has 0 spiro atoms. The van der Waals surface area contributed by atoms with Gasteiger partial charge in [-0.15, -0.1) is 0 Å². The van der Waals surface area contributed by atoms with E-state index in [1.54, 1.807) is 6.07 Å². The Balaban J connectivity index is 1.68. The zero-order chi connectivity index (χ0) is 27.3. The molecule has 4 aromatic carbocycles. The lowest BCUT2D eigenvalue weighted by atomic mass is 10.1. The average Bonchev–Trinajstić information content (AvgIpc) is 2.88. The molecule has 0 amide bonds. The van der Waals surface area contributed by atoms with E-state index in [-0.39, 0.29) is 55.2 Å². The molecule has 3 heterocycles. The Morgan fingerprint density at radius 3 is 1.08 bits per heavy atom. The SMILES string of the molecule is Cc1ccc2nc3c(nc2c1)c1nc2ccc(C(F)(F)F)cc2nc1c1nc2ccc(C(F)(F)F)cc2nc31. The summed E-state index contributed by atoms with van der Waals surface area (Å²) in [6, 6.07) is 11.4. The minimum atomic E-state index is -4.59. The van der Waals surface area contributed by atoms with Crippen molar-refractivity contribution in [2.75, 3.05) is 0 Å². The van der Waals surface area contributed by atoms with Crippen LogP contribution in [0.25, 0.3) is 66.2 Å². The van der Waals surface area contributed by atoms with Crippen LogP contribution in [0, 0.1) is 6.92 Å². The zero-order valence-corrected chi connectivity index (χ0v) is 19.6. The molecule has 0 saturated carbocycles. The van der Waals surface area contributed by atoms with Gasteiger partial charge in [0.15, 0.2) is 0 Å². The van der Waals surface area contributed by atoms with E-state index in [1.807, 2.05) is 19.1 Å². The molecule has 0 atom stereocenters. The summed E-state index contributed by atoms with van der Waals surface area (Å²) in [7, 11) is 0. The van der Waals surface area contributed by atoms with E-state index < -0.39 is 23.5 Å². The highest BCUT2D eigenvalue weighted by Gasteiger charge is 2.32. The Morgan fingerprint density at radius 2 is 0.718 bits per heavy atom. The van der Waals surface area contributed by atoms with Crippen molar-refractivity contribution in [3.63, 3.8) is 0 Å². The number of hydrogen-bond acceptors (Lipinski definition) is 6. The van der Waals surface area contributed by atoms with Gasteiger partial charge in [-0.3, -0.25) is 0 Å². The number of hydrogen-bond donors (Lipinski definition) is 0. The van der Waals surface area contributed by atoms with Crippen LogP contribution in [0.15, 0.2) is 54.6 Å². The first-order chi connectivity index (χ1) is 18.5. The summed E-state index contributed by atoms with van der Waals surface area (Å²) in [4.78, 5) is 27.5. The van der Waals surface area contributed by atoms with Crippen LogP contribution < -0.4 is 0 Å². The molecule has 0 aliphatic heterocycles. The Bertz CT molecular complexity index is 2110. The van der Waals surface area contributed by atoms with Gasteiger partial charge >= 0.3 is 12.4 Å². The van der Waals surface area contributed by atoms with Crippen LogP contribution in [0.2, 0.25) is 0 Å². The van der Waals surface area contributed by atoms with Crippen molar-refractivity contribution in [2.45, 2.75) is 19.3 Å². The lowest BCUT2D eigenvalue weighted by Crippen LogP contribution is -2.06. The van der Waals surface area contributed by atoms with Gasteiger partial charge in [-0.05, 0) is 61.0 Å². The Kier molecular flexibility index (Phi) is 4.59. The van der Waals surface area contributed by atoms with E-state index >= 15 is 0 Å². The van der Waals surface area contributed by atoms with Gasteiger partial charge in [0.25, 0.3) is 0 Å². The fraction of sp³-hybridized carbons (Fsp3) is 0.111. The molecule has 0 radical (unpaired) electrons. The maximum absolute atomic E-state index is 13.4. The quantitative estimate of drug-likeness (QED) is 0.115. The van der Waals surface area contributed by atoms with Crippen LogP contribution in [0.1, 0.15) is 16.7 Å². The van der Waals surface area contributed by atoms with Gasteiger partial charge < -0.3 is 0 Å². The van der Waals surface area contributed by atoms with Gasteiger partial charge in [-0.25, -0.2) is 29.9 Å². The lowest BCUT2D eigenvalue weighted by Gasteiger charge is -2.12. The Hall–Kier alpha value is -4.74. The molecule has 12 heteroatoms.